The number of benzene rings is 1. The van der Waals surface area contributed by atoms with Gasteiger partial charge >= 0.3 is 0 Å². The number of nitrogens with one attached hydrogen (secondary N) is 1. The van der Waals surface area contributed by atoms with Gasteiger partial charge in [-0.2, -0.15) is 10.2 Å². The summed E-state index contributed by atoms with van der Waals surface area (Å²) in [6.07, 6.45) is 3.85. The molecule has 262 valence electrons. The third kappa shape index (κ3) is 7.45. The highest BCUT2D eigenvalue weighted by Crippen LogP contribution is 2.45. The van der Waals surface area contributed by atoms with Crippen molar-refractivity contribution in [2.45, 2.75) is 50.8 Å². The molecule has 2 aliphatic rings. The lowest BCUT2D eigenvalue weighted by Crippen LogP contribution is -2.63. The van der Waals surface area contributed by atoms with Gasteiger partial charge in [-0.15, -0.1) is 0 Å². The summed E-state index contributed by atoms with van der Waals surface area (Å²) in [6.45, 7) is 3.55. The van der Waals surface area contributed by atoms with Crippen molar-refractivity contribution < 1.29 is 27.8 Å². The van der Waals surface area contributed by atoms with Crippen LogP contribution >= 0.6 is 23.2 Å². The molecular formula is C33H37Cl2F2N7O5. The Labute approximate surface area is 292 Å². The van der Waals surface area contributed by atoms with Crippen molar-refractivity contribution in [3.63, 3.8) is 0 Å². The van der Waals surface area contributed by atoms with Gasteiger partial charge in [-0.3, -0.25) is 19.1 Å². The van der Waals surface area contributed by atoms with Crippen LogP contribution in [0.2, 0.25) is 10.0 Å². The van der Waals surface area contributed by atoms with E-state index < -0.39 is 36.0 Å². The Kier molecular flexibility index (Phi) is 10.7. The number of ether oxygens (including phenoxy) is 3. The number of nitriles is 1. The number of alkyl halides is 2. The fourth-order valence-electron chi connectivity index (χ4n) is 6.00. The van der Waals surface area contributed by atoms with E-state index in [9.17, 15) is 23.6 Å². The fraction of sp³-hybridized carbons (Fsp3) is 0.485. The highest BCUT2D eigenvalue weighted by atomic mass is 35.5. The molecular weight excluding hydrogens is 683 g/mol. The van der Waals surface area contributed by atoms with E-state index in [0.29, 0.717) is 42.9 Å². The number of fused-ring (bicyclic) bond motifs is 1. The van der Waals surface area contributed by atoms with E-state index >= 15 is 0 Å². The molecule has 2 saturated heterocycles. The number of hydrogen-bond acceptors (Lipinski definition) is 10. The minimum atomic E-state index is -2.76. The van der Waals surface area contributed by atoms with E-state index in [1.54, 1.807) is 38.1 Å². The van der Waals surface area contributed by atoms with E-state index in [-0.39, 0.29) is 57.5 Å². The van der Waals surface area contributed by atoms with Crippen LogP contribution in [-0.2, 0) is 16.1 Å². The van der Waals surface area contributed by atoms with Crippen LogP contribution < -0.4 is 20.3 Å². The van der Waals surface area contributed by atoms with Crippen LogP contribution in [-0.4, -0.2) is 102 Å². The molecule has 0 atom stereocenters. The molecule has 4 heterocycles. The number of carbonyl (C=O) groups excluding carboxylic acids is 1. The summed E-state index contributed by atoms with van der Waals surface area (Å²) in [4.78, 5) is 39.2. The fourth-order valence-corrected chi connectivity index (χ4v) is 6.70. The van der Waals surface area contributed by atoms with Crippen molar-refractivity contribution in [2.24, 2.45) is 0 Å². The van der Waals surface area contributed by atoms with Gasteiger partial charge in [-0.05, 0) is 38.8 Å². The van der Waals surface area contributed by atoms with Crippen LogP contribution in [0.15, 0.2) is 34.8 Å². The molecule has 1 amide bonds. The molecule has 16 heteroatoms. The third-order valence-electron chi connectivity index (χ3n) is 8.80. The third-order valence-corrected chi connectivity index (χ3v) is 9.55. The van der Waals surface area contributed by atoms with Crippen molar-refractivity contribution in [2.75, 3.05) is 59.4 Å². The predicted molar refractivity (Wildman–Crippen MR) is 182 cm³/mol. The maximum absolute atomic E-state index is 14.1. The highest BCUT2D eigenvalue weighted by molar-refractivity contribution is 6.41. The number of nitrogens with zero attached hydrogens (tertiary/aromatic N) is 6. The average Bonchev–Trinajstić information content (AvgIpc) is 3.07. The number of anilines is 1. The van der Waals surface area contributed by atoms with E-state index in [0.717, 1.165) is 0 Å². The molecule has 1 N–H and O–H groups in total. The molecule has 12 nitrogen and oxygen atoms in total. The molecule has 0 saturated carbocycles. The number of piperidine rings is 1. The van der Waals surface area contributed by atoms with Crippen LogP contribution in [0.25, 0.3) is 22.2 Å². The second-order valence-electron chi connectivity index (χ2n) is 12.4. The van der Waals surface area contributed by atoms with Crippen LogP contribution in [0.5, 0.6) is 11.5 Å². The second-order valence-corrected chi connectivity index (χ2v) is 13.2. The summed E-state index contributed by atoms with van der Waals surface area (Å²) in [5.41, 5.74) is -0.565. The Morgan fingerprint density at radius 1 is 1.16 bits per heavy atom. The average molecular weight is 721 g/mol. The van der Waals surface area contributed by atoms with Gasteiger partial charge in [0.15, 0.2) is 0 Å². The number of rotatable bonds is 11. The molecule has 0 unspecified atom stereocenters. The smallest absolute Gasteiger partial charge is 0.273 e. The van der Waals surface area contributed by atoms with Gasteiger partial charge in [-0.1, -0.05) is 23.2 Å². The van der Waals surface area contributed by atoms with Crippen LogP contribution in [0, 0.1) is 11.3 Å². The molecule has 0 bridgehead atoms. The molecule has 3 aromatic rings. The van der Waals surface area contributed by atoms with Crippen molar-refractivity contribution in [1.29, 1.82) is 5.26 Å². The molecule has 49 heavy (non-hydrogen) atoms. The van der Waals surface area contributed by atoms with Gasteiger partial charge in [0.2, 0.25) is 5.95 Å². The Morgan fingerprint density at radius 3 is 2.35 bits per heavy atom. The highest BCUT2D eigenvalue weighted by Gasteiger charge is 2.49. The first-order chi connectivity index (χ1) is 23.2. The number of halogens is 4. The Morgan fingerprint density at radius 2 is 1.80 bits per heavy atom. The monoisotopic (exact) mass is 719 g/mol. The zero-order valence-corrected chi connectivity index (χ0v) is 29.3. The maximum Gasteiger partial charge on any atom is 0.273 e. The summed E-state index contributed by atoms with van der Waals surface area (Å²) in [5.74, 6) is -2.32. The number of likely N-dealkylation sites (tertiary alicyclic amines) is 2. The van der Waals surface area contributed by atoms with E-state index in [1.165, 1.54) is 35.8 Å². The second kappa shape index (κ2) is 14.4. The Hall–Kier alpha value is -4.03. The van der Waals surface area contributed by atoms with Crippen LogP contribution in [0.1, 0.15) is 26.7 Å². The normalized spacial score (nSPS) is 17.1. The number of pyridine rings is 1. The van der Waals surface area contributed by atoms with Gasteiger partial charge in [0.05, 0.1) is 62.2 Å². The van der Waals surface area contributed by atoms with Gasteiger partial charge in [-0.25, -0.2) is 13.8 Å². The van der Waals surface area contributed by atoms with Crippen molar-refractivity contribution >= 4 is 46.1 Å². The largest absolute Gasteiger partial charge is 0.495 e. The van der Waals surface area contributed by atoms with Gasteiger partial charge in [0, 0.05) is 48.9 Å². The molecule has 1 aromatic carbocycles. The SMILES string of the molecule is CNc1ncc2cc(-c3c(Cl)c(OC)cc(OC)c3Cl)c(=O)n(CCOC3CCN(C(=O)/C(C#N)=C\C(C)(C)N4CC(F)(F)C4)CC3)c2n1. The Balaban J connectivity index is 1.31. The lowest BCUT2D eigenvalue weighted by molar-refractivity contribution is -0.154. The predicted octanol–water partition coefficient (Wildman–Crippen LogP) is 5.01. The number of carbonyl (C=O) groups is 1. The summed E-state index contributed by atoms with van der Waals surface area (Å²) in [5, 5.41) is 13.4. The van der Waals surface area contributed by atoms with Crippen LogP contribution in [0.4, 0.5) is 14.7 Å². The van der Waals surface area contributed by atoms with Gasteiger partial charge in [0.1, 0.15) is 28.8 Å². The van der Waals surface area contributed by atoms with Gasteiger partial charge < -0.3 is 24.4 Å². The number of aromatic nitrogens is 3. The molecule has 2 aromatic heterocycles. The molecule has 5 rings (SSSR count). The molecule has 0 aliphatic carbocycles. The quantitative estimate of drug-likeness (QED) is 0.213. The lowest BCUT2D eigenvalue weighted by atomic mass is 9.93. The number of amides is 1. The topological polar surface area (TPSA) is 135 Å². The maximum atomic E-state index is 14.1. The Bertz CT molecular complexity index is 1850. The van der Waals surface area contributed by atoms with Gasteiger partial charge in [0.25, 0.3) is 17.4 Å². The van der Waals surface area contributed by atoms with E-state index in [4.69, 9.17) is 37.4 Å². The van der Waals surface area contributed by atoms with Crippen molar-refractivity contribution in [3.05, 3.63) is 50.4 Å². The van der Waals surface area contributed by atoms with E-state index in [1.807, 2.05) is 6.07 Å². The minimum Gasteiger partial charge on any atom is -0.495 e. The first-order valence-electron chi connectivity index (χ1n) is 15.6. The first-order valence-corrected chi connectivity index (χ1v) is 16.3. The van der Waals surface area contributed by atoms with E-state index in [2.05, 4.69) is 15.3 Å². The standard InChI is InChI=1S/C33H37Cl2F2N7O5/c1-32(2,43-17-33(36,37)18-43)14-20(15-38)29(45)42-8-6-21(7-9-42)49-11-10-44-28-19(16-40-31(39-3)41-28)12-22(30(44)46)25-26(34)23(47-4)13-24(48-5)27(25)35/h12-14,16,21H,6-11,17-18H2,1-5H3,(H,39,40,41)/b20-14-. The number of hydrogen-bond donors (Lipinski definition) is 1. The molecule has 0 spiro atoms. The molecule has 2 aliphatic heterocycles. The summed E-state index contributed by atoms with van der Waals surface area (Å²) < 4.78 is 45.3. The van der Waals surface area contributed by atoms with Crippen LogP contribution in [0.3, 0.4) is 0 Å². The van der Waals surface area contributed by atoms with Crippen molar-refractivity contribution in [3.8, 4) is 28.7 Å². The lowest BCUT2D eigenvalue weighted by Gasteiger charge is -2.47. The molecule has 2 fully saturated rings. The minimum absolute atomic E-state index is 0.0810. The first kappa shape index (κ1) is 36.3. The van der Waals surface area contributed by atoms with Crippen molar-refractivity contribution in [1.82, 2.24) is 24.3 Å². The summed E-state index contributed by atoms with van der Waals surface area (Å²) in [7, 11) is 4.56. The summed E-state index contributed by atoms with van der Waals surface area (Å²) in [6, 6.07) is 5.12. The number of methoxy groups -OCH3 is 2. The zero-order chi connectivity index (χ0) is 35.7. The molecule has 0 radical (unpaired) electrons. The zero-order valence-electron chi connectivity index (χ0n) is 27.8. The summed E-state index contributed by atoms with van der Waals surface area (Å²) >= 11 is 13.4.